The van der Waals surface area contributed by atoms with Crippen LogP contribution in [-0.4, -0.2) is 17.7 Å². The van der Waals surface area contributed by atoms with Crippen LogP contribution >= 0.6 is 0 Å². The molecular weight excluding hydrogens is 294 g/mol. The molecule has 0 spiro atoms. The van der Waals surface area contributed by atoms with E-state index in [1.807, 2.05) is 24.3 Å². The third-order valence-corrected chi connectivity index (χ3v) is 2.95. The minimum Gasteiger partial charge on any atom is -0.493 e. The number of hydrogen-bond acceptors (Lipinski definition) is 5. The molecule has 120 valence electrons. The summed E-state index contributed by atoms with van der Waals surface area (Å²) in [5.74, 6) is 1.32. The van der Waals surface area contributed by atoms with Crippen molar-refractivity contribution in [3.05, 3.63) is 64.2 Å². The van der Waals surface area contributed by atoms with Crippen molar-refractivity contribution >= 4 is 17.6 Å². The first-order valence-electron chi connectivity index (χ1n) is 7.31. The fraction of sp³-hybridized carbons (Fsp3) is 0.235. The number of rotatable bonds is 7. The lowest BCUT2D eigenvalue weighted by Gasteiger charge is -2.08. The van der Waals surface area contributed by atoms with E-state index in [2.05, 4.69) is 24.4 Å². The van der Waals surface area contributed by atoms with Gasteiger partial charge in [0.2, 0.25) is 0 Å². The number of non-ortho nitro benzene ring substituents is 1. The highest BCUT2D eigenvalue weighted by Crippen LogP contribution is 2.15. The van der Waals surface area contributed by atoms with Crippen LogP contribution in [0.2, 0.25) is 0 Å². The molecule has 0 bridgehead atoms. The molecule has 0 heterocycles. The maximum Gasteiger partial charge on any atom is 0.269 e. The van der Waals surface area contributed by atoms with Crippen molar-refractivity contribution in [2.75, 3.05) is 12.0 Å². The highest BCUT2D eigenvalue weighted by Gasteiger charge is 2.02. The van der Waals surface area contributed by atoms with Crippen LogP contribution in [0.15, 0.2) is 53.6 Å². The summed E-state index contributed by atoms with van der Waals surface area (Å²) in [6.07, 6.45) is 1.67. The molecule has 0 aliphatic rings. The van der Waals surface area contributed by atoms with Crippen LogP contribution in [0.4, 0.5) is 11.4 Å². The lowest BCUT2D eigenvalue weighted by molar-refractivity contribution is -0.384. The van der Waals surface area contributed by atoms with Crippen LogP contribution in [0.5, 0.6) is 5.75 Å². The Bertz CT molecular complexity index is 664. The first kappa shape index (κ1) is 16.5. The molecule has 0 amide bonds. The molecule has 0 aliphatic carbocycles. The van der Waals surface area contributed by atoms with Gasteiger partial charge in [-0.3, -0.25) is 15.5 Å². The van der Waals surface area contributed by atoms with Crippen LogP contribution in [0.1, 0.15) is 19.4 Å². The predicted molar refractivity (Wildman–Crippen MR) is 91.1 cm³/mol. The predicted octanol–water partition coefficient (Wildman–Crippen LogP) is 4.08. The molecule has 2 aromatic carbocycles. The summed E-state index contributed by atoms with van der Waals surface area (Å²) in [5.41, 5.74) is 4.49. The fourth-order valence-electron chi connectivity index (χ4n) is 1.75. The molecule has 0 fully saturated rings. The van der Waals surface area contributed by atoms with Gasteiger partial charge in [-0.2, -0.15) is 5.10 Å². The third-order valence-electron chi connectivity index (χ3n) is 2.95. The minimum atomic E-state index is -0.435. The minimum absolute atomic E-state index is 0.0523. The van der Waals surface area contributed by atoms with E-state index < -0.39 is 4.92 Å². The Morgan fingerprint density at radius 3 is 2.39 bits per heavy atom. The largest absolute Gasteiger partial charge is 0.493 e. The smallest absolute Gasteiger partial charge is 0.269 e. The lowest BCUT2D eigenvalue weighted by atomic mass is 10.2. The second-order valence-electron chi connectivity index (χ2n) is 5.45. The molecule has 2 rings (SSSR count). The van der Waals surface area contributed by atoms with Crippen molar-refractivity contribution in [3.8, 4) is 5.75 Å². The van der Waals surface area contributed by atoms with Crippen molar-refractivity contribution in [3.63, 3.8) is 0 Å². The molecule has 0 saturated carbocycles. The number of nitrogens with zero attached hydrogens (tertiary/aromatic N) is 2. The Kier molecular flexibility index (Phi) is 5.68. The summed E-state index contributed by atoms with van der Waals surface area (Å²) in [7, 11) is 0. The Labute approximate surface area is 134 Å². The van der Waals surface area contributed by atoms with Crippen molar-refractivity contribution in [1.82, 2.24) is 0 Å². The summed E-state index contributed by atoms with van der Waals surface area (Å²) >= 11 is 0. The number of benzene rings is 2. The molecule has 0 atom stereocenters. The van der Waals surface area contributed by atoms with Gasteiger partial charge < -0.3 is 4.74 Å². The Morgan fingerprint density at radius 2 is 1.83 bits per heavy atom. The first-order chi connectivity index (χ1) is 11.0. The van der Waals surface area contributed by atoms with Gasteiger partial charge in [-0.25, -0.2) is 0 Å². The van der Waals surface area contributed by atoms with E-state index in [9.17, 15) is 10.1 Å². The SMILES string of the molecule is CC(C)COc1ccc(/C=N/Nc2ccc([N+](=O)[O-])cc2)cc1. The van der Waals surface area contributed by atoms with Crippen LogP contribution in [0.3, 0.4) is 0 Å². The van der Waals surface area contributed by atoms with E-state index in [-0.39, 0.29) is 5.69 Å². The highest BCUT2D eigenvalue weighted by molar-refractivity contribution is 5.80. The molecule has 6 nitrogen and oxygen atoms in total. The highest BCUT2D eigenvalue weighted by atomic mass is 16.6. The molecule has 0 aromatic heterocycles. The summed E-state index contributed by atoms with van der Waals surface area (Å²) in [4.78, 5) is 10.1. The quantitative estimate of drug-likeness (QED) is 0.475. The van der Waals surface area contributed by atoms with Gasteiger partial charge in [0, 0.05) is 12.1 Å². The van der Waals surface area contributed by atoms with Crippen LogP contribution < -0.4 is 10.2 Å². The van der Waals surface area contributed by atoms with Gasteiger partial charge in [-0.15, -0.1) is 0 Å². The Hall–Kier alpha value is -2.89. The molecule has 6 heteroatoms. The number of ether oxygens (including phenoxy) is 1. The van der Waals surface area contributed by atoms with E-state index in [0.717, 1.165) is 11.3 Å². The van der Waals surface area contributed by atoms with Gasteiger partial charge >= 0.3 is 0 Å². The average molecular weight is 313 g/mol. The second-order valence-corrected chi connectivity index (χ2v) is 5.45. The van der Waals surface area contributed by atoms with Crippen LogP contribution in [-0.2, 0) is 0 Å². The molecule has 0 unspecified atom stereocenters. The number of anilines is 1. The summed E-state index contributed by atoms with van der Waals surface area (Å²) in [6.45, 7) is 4.89. The molecule has 0 radical (unpaired) electrons. The van der Waals surface area contributed by atoms with Crippen LogP contribution in [0, 0.1) is 16.0 Å². The maximum atomic E-state index is 10.6. The van der Waals surface area contributed by atoms with Gasteiger partial charge in [0.15, 0.2) is 0 Å². The van der Waals surface area contributed by atoms with Gasteiger partial charge in [-0.1, -0.05) is 13.8 Å². The van der Waals surface area contributed by atoms with E-state index in [4.69, 9.17) is 4.74 Å². The van der Waals surface area contributed by atoms with Crippen molar-refractivity contribution in [2.45, 2.75) is 13.8 Å². The molecule has 0 saturated heterocycles. The monoisotopic (exact) mass is 313 g/mol. The van der Waals surface area contributed by atoms with Crippen molar-refractivity contribution < 1.29 is 9.66 Å². The van der Waals surface area contributed by atoms with E-state index in [1.165, 1.54) is 12.1 Å². The second kappa shape index (κ2) is 7.93. The van der Waals surface area contributed by atoms with Gasteiger partial charge in [-0.05, 0) is 47.9 Å². The molecule has 0 aliphatic heterocycles. The average Bonchev–Trinajstić information content (AvgIpc) is 2.54. The Morgan fingerprint density at radius 1 is 1.17 bits per heavy atom. The molecular formula is C17H19N3O3. The fourth-order valence-corrected chi connectivity index (χ4v) is 1.75. The summed E-state index contributed by atoms with van der Waals surface area (Å²) in [6, 6.07) is 13.7. The number of nitro groups is 1. The number of nitro benzene ring substituents is 1. The zero-order valence-corrected chi connectivity index (χ0v) is 13.1. The van der Waals surface area contributed by atoms with E-state index in [0.29, 0.717) is 18.2 Å². The van der Waals surface area contributed by atoms with Crippen molar-refractivity contribution in [2.24, 2.45) is 11.0 Å². The maximum absolute atomic E-state index is 10.6. The van der Waals surface area contributed by atoms with Crippen molar-refractivity contribution in [1.29, 1.82) is 0 Å². The lowest BCUT2D eigenvalue weighted by Crippen LogP contribution is -2.04. The molecule has 23 heavy (non-hydrogen) atoms. The standard InChI is InChI=1S/C17H19N3O3/c1-13(2)12-23-17-9-3-14(4-10-17)11-18-19-15-5-7-16(8-6-15)20(21)22/h3-11,13,19H,12H2,1-2H3/b18-11+. The van der Waals surface area contributed by atoms with E-state index >= 15 is 0 Å². The number of hydrazone groups is 1. The first-order valence-corrected chi connectivity index (χ1v) is 7.31. The number of hydrogen-bond donors (Lipinski definition) is 1. The number of nitrogens with one attached hydrogen (secondary N) is 1. The zero-order valence-electron chi connectivity index (χ0n) is 13.1. The summed E-state index contributed by atoms with van der Waals surface area (Å²) < 4.78 is 5.61. The van der Waals surface area contributed by atoms with Crippen LogP contribution in [0.25, 0.3) is 0 Å². The van der Waals surface area contributed by atoms with Gasteiger partial charge in [0.25, 0.3) is 5.69 Å². The van der Waals surface area contributed by atoms with Gasteiger partial charge in [0.05, 0.1) is 23.4 Å². The summed E-state index contributed by atoms with van der Waals surface area (Å²) in [5, 5.41) is 14.7. The Balaban J connectivity index is 1.88. The zero-order chi connectivity index (χ0) is 16.7. The third kappa shape index (κ3) is 5.43. The topological polar surface area (TPSA) is 76.8 Å². The normalized spacial score (nSPS) is 10.9. The van der Waals surface area contributed by atoms with E-state index in [1.54, 1.807) is 18.3 Å². The van der Waals surface area contributed by atoms with Gasteiger partial charge in [0.1, 0.15) is 5.75 Å². The molecule has 2 aromatic rings. The molecule has 1 N–H and O–H groups in total.